The monoisotopic (exact) mass is 677 g/mol. The fraction of sp³-hybridized carbons (Fsp3) is 0.261. The molecule has 0 fully saturated rings. The summed E-state index contributed by atoms with van der Waals surface area (Å²) < 4.78 is 7.85. The molecule has 1 radical (unpaired) electrons. The van der Waals surface area contributed by atoms with E-state index in [4.69, 9.17) is 4.43 Å². The van der Waals surface area contributed by atoms with Gasteiger partial charge in [0.15, 0.2) is 8.31 Å². The van der Waals surface area contributed by atoms with E-state index in [1.54, 1.807) is 0 Å². The maximum absolute atomic E-state index is 7.85. The summed E-state index contributed by atoms with van der Waals surface area (Å²) >= 11 is 0. The van der Waals surface area contributed by atoms with Gasteiger partial charge in [-0.3, -0.25) is 0 Å². The molecule has 0 aliphatic carbocycles. The maximum atomic E-state index is 7.85. The van der Waals surface area contributed by atoms with E-state index >= 15 is 0 Å². The van der Waals surface area contributed by atoms with Crippen molar-refractivity contribution in [1.82, 2.24) is 0 Å². The number of allylic oxidation sites excluding steroid dienone is 2. The van der Waals surface area contributed by atoms with Gasteiger partial charge in [-0.05, 0) is 138 Å². The van der Waals surface area contributed by atoms with Gasteiger partial charge in [-0.2, -0.15) is 0 Å². The Hall–Kier alpha value is -4.19. The highest BCUT2D eigenvalue weighted by atomic mass is 29.2. The molecule has 1 nitrogen and oxygen atoms in total. The molecule has 0 atom stereocenters. The van der Waals surface area contributed by atoms with Crippen molar-refractivity contribution in [2.45, 2.75) is 83.1 Å². The molecule has 49 heavy (non-hydrogen) atoms. The van der Waals surface area contributed by atoms with Crippen molar-refractivity contribution in [3.05, 3.63) is 170 Å². The molecule has 5 aromatic rings. The minimum absolute atomic E-state index is 1.17. The lowest BCUT2D eigenvalue weighted by Crippen LogP contribution is -2.80. The molecule has 251 valence electrons. The van der Waals surface area contributed by atoms with Gasteiger partial charge in [0.1, 0.15) is 0 Å². The minimum atomic E-state index is -3.19. The fourth-order valence-electron chi connectivity index (χ4n) is 8.57. The van der Waals surface area contributed by atoms with Gasteiger partial charge < -0.3 is 4.43 Å². The summed E-state index contributed by atoms with van der Waals surface area (Å²) in [5.41, 5.74) is 17.1. The third-order valence-corrected chi connectivity index (χ3v) is 22.0. The summed E-state index contributed by atoms with van der Waals surface area (Å²) in [6, 6.07) is 29.6. The highest BCUT2D eigenvalue weighted by Crippen LogP contribution is 2.26. The van der Waals surface area contributed by atoms with Crippen LogP contribution in [0.1, 0.15) is 72.3 Å². The number of rotatable bonds is 9. The molecular formula is C46H53OSi2. The zero-order valence-corrected chi connectivity index (χ0v) is 33.7. The molecule has 0 aromatic heterocycles. The Morgan fingerprint density at radius 2 is 0.796 bits per heavy atom. The van der Waals surface area contributed by atoms with Crippen LogP contribution < -0.4 is 20.7 Å². The standard InChI is InChI=1S/C46H53OSi2/c1-30-22-34(5)43(35(6)23-30)48(44-36(7)24-31(2)25-37(44)8)49(45-38(9)26-32(3)27-39(45)10,46-40(11)28-33(4)29-41(46)12)47-21-17-16-20-42-18-14-13-15-19-42/h13-29H,1-12H3/b20-16+,21-17-. The van der Waals surface area contributed by atoms with Gasteiger partial charge in [0.05, 0.1) is 6.26 Å². The van der Waals surface area contributed by atoms with Gasteiger partial charge in [-0.1, -0.05) is 136 Å². The number of hydrogen-bond acceptors (Lipinski definition) is 1. The first-order valence-corrected chi connectivity index (χ1v) is 21.9. The minimum Gasteiger partial charge on any atom is -0.543 e. The Bertz CT molecular complexity index is 1860. The van der Waals surface area contributed by atoms with Gasteiger partial charge in [-0.25, -0.2) is 0 Å². The maximum Gasteiger partial charge on any atom is 0.305 e. The van der Waals surface area contributed by atoms with E-state index in [-0.39, 0.29) is 0 Å². The predicted molar refractivity (Wildman–Crippen MR) is 218 cm³/mol. The summed E-state index contributed by atoms with van der Waals surface area (Å²) in [5.74, 6) is 0. The van der Waals surface area contributed by atoms with E-state index in [9.17, 15) is 0 Å². The van der Waals surface area contributed by atoms with Crippen LogP contribution in [-0.2, 0) is 4.43 Å². The molecule has 5 aromatic carbocycles. The highest BCUT2D eigenvalue weighted by Gasteiger charge is 2.56. The Kier molecular flexibility index (Phi) is 10.9. The lowest BCUT2D eigenvalue weighted by Gasteiger charge is -2.43. The molecule has 0 unspecified atom stereocenters. The Balaban J connectivity index is 2.00. The molecule has 3 heteroatoms. The predicted octanol–water partition coefficient (Wildman–Crippen LogP) is 9.08. The van der Waals surface area contributed by atoms with Crippen molar-refractivity contribution in [3.63, 3.8) is 0 Å². The van der Waals surface area contributed by atoms with Gasteiger partial charge in [0.2, 0.25) is 0 Å². The van der Waals surface area contributed by atoms with Crippen LogP contribution in [0.5, 0.6) is 0 Å². The first kappa shape index (κ1) is 36.1. The van der Waals surface area contributed by atoms with Crippen LogP contribution in [0.25, 0.3) is 6.08 Å². The first-order valence-electron chi connectivity index (χ1n) is 17.5. The normalized spacial score (nSPS) is 12.1. The number of aryl methyl sites for hydroxylation is 12. The van der Waals surface area contributed by atoms with E-state index < -0.39 is 16.1 Å². The zero-order chi connectivity index (χ0) is 35.6. The van der Waals surface area contributed by atoms with Crippen molar-refractivity contribution in [3.8, 4) is 0 Å². The molecule has 0 N–H and O–H groups in total. The molecular weight excluding hydrogens is 625 g/mol. The van der Waals surface area contributed by atoms with Crippen molar-refractivity contribution in [2.24, 2.45) is 0 Å². The molecule has 0 aliphatic rings. The molecule has 5 rings (SSSR count). The zero-order valence-electron chi connectivity index (χ0n) is 31.7. The summed E-state index contributed by atoms with van der Waals surface area (Å²) in [6.45, 7) is 27.5. The second-order valence-electron chi connectivity index (χ2n) is 14.4. The van der Waals surface area contributed by atoms with Gasteiger partial charge in [0.25, 0.3) is 0 Å². The Morgan fingerprint density at radius 3 is 1.16 bits per heavy atom. The van der Waals surface area contributed by atoms with Crippen molar-refractivity contribution < 1.29 is 4.43 Å². The second kappa shape index (κ2) is 14.7. The molecule has 0 spiro atoms. The van der Waals surface area contributed by atoms with Crippen molar-refractivity contribution >= 4 is 43.0 Å². The molecule has 0 aliphatic heterocycles. The number of benzene rings is 5. The molecule has 0 amide bonds. The van der Waals surface area contributed by atoms with Crippen LogP contribution in [0.3, 0.4) is 0 Å². The Morgan fingerprint density at radius 1 is 0.449 bits per heavy atom. The van der Waals surface area contributed by atoms with E-state index in [0.717, 1.165) is 0 Å². The topological polar surface area (TPSA) is 9.23 Å². The smallest absolute Gasteiger partial charge is 0.305 e. The van der Waals surface area contributed by atoms with E-state index in [0.29, 0.717) is 0 Å². The highest BCUT2D eigenvalue weighted by molar-refractivity contribution is 7.49. The van der Waals surface area contributed by atoms with E-state index in [1.165, 1.54) is 93.1 Å². The molecule has 0 bridgehead atoms. The molecule has 0 heterocycles. The van der Waals surface area contributed by atoms with Crippen LogP contribution in [0.4, 0.5) is 0 Å². The van der Waals surface area contributed by atoms with Crippen molar-refractivity contribution in [2.75, 3.05) is 0 Å². The average molecular weight is 678 g/mol. The van der Waals surface area contributed by atoms with Crippen LogP contribution >= 0.6 is 0 Å². The second-order valence-corrected chi connectivity index (χ2v) is 22.3. The summed E-state index contributed by atoms with van der Waals surface area (Å²) in [5, 5.41) is 5.81. The van der Waals surface area contributed by atoms with Crippen molar-refractivity contribution in [1.29, 1.82) is 0 Å². The lowest BCUT2D eigenvalue weighted by molar-refractivity contribution is 0.502. The summed E-state index contributed by atoms with van der Waals surface area (Å²) in [7, 11) is -4.86. The summed E-state index contributed by atoms with van der Waals surface area (Å²) in [4.78, 5) is 0. The van der Waals surface area contributed by atoms with Gasteiger partial charge in [-0.15, -0.1) is 0 Å². The Labute approximate surface area is 299 Å². The summed E-state index contributed by atoms with van der Waals surface area (Å²) in [6.07, 6.45) is 8.42. The van der Waals surface area contributed by atoms with Gasteiger partial charge in [0, 0.05) is 0 Å². The largest absolute Gasteiger partial charge is 0.543 e. The molecule has 0 saturated heterocycles. The van der Waals surface area contributed by atoms with Crippen LogP contribution in [0, 0.1) is 83.1 Å². The first-order chi connectivity index (χ1) is 23.2. The van der Waals surface area contributed by atoms with Crippen LogP contribution in [0.15, 0.2) is 97.3 Å². The van der Waals surface area contributed by atoms with Gasteiger partial charge >= 0.3 is 7.83 Å². The van der Waals surface area contributed by atoms with E-state index in [2.05, 4.69) is 180 Å². The molecule has 0 saturated carbocycles. The number of hydrogen-bond donors (Lipinski definition) is 0. The fourth-order valence-corrected chi connectivity index (χ4v) is 24.2. The van der Waals surface area contributed by atoms with Crippen LogP contribution in [-0.4, -0.2) is 16.1 Å². The SMILES string of the molecule is Cc1cc(C)c([Si](c2c(C)cc(C)cc2C)[Si](O/C=C\C=C\c2ccccc2)(c2c(C)cc(C)cc2C)c2c(C)cc(C)cc2C)c(C)c1. The average Bonchev–Trinajstić information content (AvgIpc) is 2.98. The third-order valence-electron chi connectivity index (χ3n) is 9.79. The quantitative estimate of drug-likeness (QED) is 0.0860. The van der Waals surface area contributed by atoms with E-state index in [1.807, 2.05) is 6.26 Å². The lowest BCUT2D eigenvalue weighted by atomic mass is 10.1. The third kappa shape index (κ3) is 7.25. The van der Waals surface area contributed by atoms with Crippen LogP contribution in [0.2, 0.25) is 0 Å².